The molecule has 3 unspecified atom stereocenters. The van der Waals surface area contributed by atoms with Gasteiger partial charge < -0.3 is 14.9 Å². The molecule has 1 saturated heterocycles. The van der Waals surface area contributed by atoms with E-state index in [0.717, 1.165) is 45.2 Å². The molecular weight excluding hydrogens is 396 g/mol. The Balaban J connectivity index is 1.59. The van der Waals surface area contributed by atoms with Gasteiger partial charge in [0.05, 0.1) is 11.6 Å². The number of piperidine rings is 1. The molecule has 4 nitrogen and oxygen atoms in total. The summed E-state index contributed by atoms with van der Waals surface area (Å²) in [5.41, 5.74) is 2.94. The number of carbonyl (C=O) groups excluding carboxylic acids is 1. The van der Waals surface area contributed by atoms with Crippen LogP contribution in [0.3, 0.4) is 0 Å². The molecule has 2 aromatic carbocycles. The zero-order chi connectivity index (χ0) is 22.6. The third kappa shape index (κ3) is 4.71. The van der Waals surface area contributed by atoms with Gasteiger partial charge in [-0.3, -0.25) is 4.79 Å². The van der Waals surface area contributed by atoms with Gasteiger partial charge in [-0.25, -0.2) is 0 Å². The molecule has 1 amide bonds. The second kappa shape index (κ2) is 10.1. The second-order valence-electron chi connectivity index (χ2n) is 9.49. The molecule has 172 valence electrons. The predicted octanol–water partition coefficient (Wildman–Crippen LogP) is 5.36. The van der Waals surface area contributed by atoms with Crippen LogP contribution in [0, 0.1) is 5.92 Å². The van der Waals surface area contributed by atoms with Gasteiger partial charge in [0.25, 0.3) is 0 Å². The molecule has 1 heterocycles. The van der Waals surface area contributed by atoms with E-state index in [0.29, 0.717) is 19.4 Å². The van der Waals surface area contributed by atoms with Crippen LogP contribution >= 0.6 is 0 Å². The van der Waals surface area contributed by atoms with Crippen LogP contribution in [-0.4, -0.2) is 41.1 Å². The van der Waals surface area contributed by atoms with Gasteiger partial charge in [-0.15, -0.1) is 0 Å². The molecule has 4 heteroatoms. The van der Waals surface area contributed by atoms with Crippen LogP contribution in [0.15, 0.2) is 54.6 Å². The molecule has 1 aliphatic carbocycles. The summed E-state index contributed by atoms with van der Waals surface area (Å²) >= 11 is 0. The minimum absolute atomic E-state index is 0.0388. The average Bonchev–Trinajstić information content (AvgIpc) is 2.83. The van der Waals surface area contributed by atoms with E-state index in [4.69, 9.17) is 0 Å². The Hall–Kier alpha value is -2.33. The van der Waals surface area contributed by atoms with Gasteiger partial charge in [0.1, 0.15) is 0 Å². The number of anilines is 1. The van der Waals surface area contributed by atoms with E-state index in [1.807, 2.05) is 18.2 Å². The zero-order valence-corrected chi connectivity index (χ0v) is 19.7. The summed E-state index contributed by atoms with van der Waals surface area (Å²) in [4.78, 5) is 17.9. The quantitative estimate of drug-likeness (QED) is 0.638. The van der Waals surface area contributed by atoms with E-state index in [2.05, 4.69) is 60.0 Å². The summed E-state index contributed by atoms with van der Waals surface area (Å²) in [5, 5.41) is 11.5. The summed E-state index contributed by atoms with van der Waals surface area (Å²) in [6, 6.07) is 19.0. The van der Waals surface area contributed by atoms with E-state index in [-0.39, 0.29) is 17.9 Å². The summed E-state index contributed by atoms with van der Waals surface area (Å²) in [6.07, 6.45) is 6.04. The molecule has 1 saturated carbocycles. The summed E-state index contributed by atoms with van der Waals surface area (Å²) in [6.45, 7) is 6.95. The van der Waals surface area contributed by atoms with Crippen LogP contribution < -0.4 is 4.90 Å². The maximum atomic E-state index is 13.4. The van der Waals surface area contributed by atoms with E-state index < -0.39 is 5.60 Å². The van der Waals surface area contributed by atoms with Crippen LogP contribution in [0.2, 0.25) is 0 Å². The molecular formula is C28H38N2O2. The van der Waals surface area contributed by atoms with E-state index in [1.54, 1.807) is 0 Å². The normalized spacial score (nSPS) is 25.3. The topological polar surface area (TPSA) is 43.8 Å². The number of amides is 1. The molecule has 4 rings (SSSR count). The SMILES string of the molecule is CCN(CC)c1ccc(C2C3CCCCC3(O)CCN2C(=O)CCc2ccccc2)cc1. The first kappa shape index (κ1) is 22.8. The van der Waals surface area contributed by atoms with Crippen LogP contribution in [-0.2, 0) is 11.2 Å². The van der Waals surface area contributed by atoms with Gasteiger partial charge >= 0.3 is 0 Å². The lowest BCUT2D eigenvalue weighted by molar-refractivity contribution is -0.155. The summed E-state index contributed by atoms with van der Waals surface area (Å²) in [5.74, 6) is 0.323. The molecule has 3 atom stereocenters. The maximum absolute atomic E-state index is 13.4. The molecule has 0 radical (unpaired) electrons. The van der Waals surface area contributed by atoms with Crippen molar-refractivity contribution in [2.24, 2.45) is 5.92 Å². The molecule has 2 aromatic rings. The van der Waals surface area contributed by atoms with Crippen molar-refractivity contribution < 1.29 is 9.90 Å². The lowest BCUT2D eigenvalue weighted by atomic mass is 9.66. The van der Waals surface area contributed by atoms with Crippen LogP contribution in [0.5, 0.6) is 0 Å². The highest BCUT2D eigenvalue weighted by Crippen LogP contribution is 2.49. The van der Waals surface area contributed by atoms with Crippen molar-refractivity contribution in [3.63, 3.8) is 0 Å². The minimum atomic E-state index is -0.642. The Kier molecular flexibility index (Phi) is 7.20. The Morgan fingerprint density at radius 1 is 1.03 bits per heavy atom. The Morgan fingerprint density at radius 3 is 2.44 bits per heavy atom. The Labute approximate surface area is 193 Å². The van der Waals surface area contributed by atoms with Crippen molar-refractivity contribution in [3.8, 4) is 0 Å². The monoisotopic (exact) mass is 434 g/mol. The summed E-state index contributed by atoms with van der Waals surface area (Å²) in [7, 11) is 0. The zero-order valence-electron chi connectivity index (χ0n) is 19.7. The molecule has 0 aromatic heterocycles. The van der Waals surface area contributed by atoms with Gasteiger partial charge in [0, 0.05) is 37.7 Å². The second-order valence-corrected chi connectivity index (χ2v) is 9.49. The minimum Gasteiger partial charge on any atom is -0.389 e. The van der Waals surface area contributed by atoms with E-state index in [9.17, 15) is 9.90 Å². The number of aryl methyl sites for hydroxylation is 1. The van der Waals surface area contributed by atoms with Crippen molar-refractivity contribution in [2.75, 3.05) is 24.5 Å². The maximum Gasteiger partial charge on any atom is 0.223 e. The van der Waals surface area contributed by atoms with Gasteiger partial charge in [-0.1, -0.05) is 55.3 Å². The highest BCUT2D eigenvalue weighted by atomic mass is 16.3. The van der Waals surface area contributed by atoms with Crippen molar-refractivity contribution in [1.29, 1.82) is 0 Å². The van der Waals surface area contributed by atoms with Crippen molar-refractivity contribution in [3.05, 3.63) is 65.7 Å². The third-order valence-electron chi connectivity index (χ3n) is 7.72. The summed E-state index contributed by atoms with van der Waals surface area (Å²) < 4.78 is 0. The number of likely N-dealkylation sites (tertiary alicyclic amines) is 1. The fourth-order valence-corrected chi connectivity index (χ4v) is 5.88. The van der Waals surface area contributed by atoms with Gasteiger partial charge in [0.15, 0.2) is 0 Å². The highest BCUT2D eigenvalue weighted by Gasteiger charge is 2.49. The molecule has 2 fully saturated rings. The van der Waals surface area contributed by atoms with Crippen LogP contribution in [0.4, 0.5) is 5.69 Å². The number of hydrogen-bond donors (Lipinski definition) is 1. The predicted molar refractivity (Wildman–Crippen MR) is 131 cm³/mol. The molecule has 1 aliphatic heterocycles. The number of rotatable bonds is 7. The molecule has 0 spiro atoms. The van der Waals surface area contributed by atoms with E-state index >= 15 is 0 Å². The third-order valence-corrected chi connectivity index (χ3v) is 7.72. The van der Waals surface area contributed by atoms with Crippen molar-refractivity contribution >= 4 is 11.6 Å². The number of nitrogens with zero attached hydrogens (tertiary/aromatic N) is 2. The highest BCUT2D eigenvalue weighted by molar-refractivity contribution is 5.77. The molecule has 0 bridgehead atoms. The smallest absolute Gasteiger partial charge is 0.223 e. The van der Waals surface area contributed by atoms with Gasteiger partial charge in [-0.2, -0.15) is 0 Å². The average molecular weight is 435 g/mol. The van der Waals surface area contributed by atoms with Crippen LogP contribution in [0.25, 0.3) is 0 Å². The number of fused-ring (bicyclic) bond motifs is 1. The molecule has 1 N–H and O–H groups in total. The number of aliphatic hydroxyl groups is 1. The first-order valence-corrected chi connectivity index (χ1v) is 12.5. The van der Waals surface area contributed by atoms with Gasteiger partial charge in [0.2, 0.25) is 5.91 Å². The molecule has 2 aliphatic rings. The Morgan fingerprint density at radius 2 is 1.75 bits per heavy atom. The van der Waals surface area contributed by atoms with Crippen molar-refractivity contribution in [1.82, 2.24) is 4.90 Å². The largest absolute Gasteiger partial charge is 0.389 e. The first-order chi connectivity index (χ1) is 15.6. The standard InChI is InChI=1S/C28H38N2O2/c1-3-29(4-2)24-16-14-23(15-17-24)27-25-12-8-9-19-28(25,32)20-21-30(27)26(31)18-13-22-10-6-5-7-11-22/h5-7,10-11,14-17,25,27,32H,3-4,8-9,12-13,18-21H2,1-2H3. The van der Waals surface area contributed by atoms with E-state index in [1.165, 1.54) is 16.8 Å². The van der Waals surface area contributed by atoms with Gasteiger partial charge in [-0.05, 0) is 62.8 Å². The number of hydrogen-bond acceptors (Lipinski definition) is 3. The number of carbonyl (C=O) groups is 1. The van der Waals surface area contributed by atoms with Crippen LogP contribution in [0.1, 0.15) is 69.5 Å². The lowest BCUT2D eigenvalue weighted by Crippen LogP contribution is -2.56. The Bertz CT molecular complexity index is 878. The lowest BCUT2D eigenvalue weighted by Gasteiger charge is -2.52. The fourth-order valence-electron chi connectivity index (χ4n) is 5.88. The fraction of sp³-hybridized carbons (Fsp3) is 0.536. The molecule has 32 heavy (non-hydrogen) atoms. The first-order valence-electron chi connectivity index (χ1n) is 12.5. The van der Waals surface area contributed by atoms with Crippen molar-refractivity contribution in [2.45, 2.75) is 70.4 Å². The number of benzene rings is 2.